The van der Waals surface area contributed by atoms with Crippen LogP contribution in [-0.4, -0.2) is 45.4 Å². The summed E-state index contributed by atoms with van der Waals surface area (Å²) < 4.78 is 92.1. The van der Waals surface area contributed by atoms with Crippen LogP contribution >= 0.6 is 0 Å². The lowest BCUT2D eigenvalue weighted by atomic mass is 10.1. The monoisotopic (exact) mass is 600 g/mol. The summed E-state index contributed by atoms with van der Waals surface area (Å²) in [4.78, 5) is 32.4. The molecule has 4 heterocycles. The van der Waals surface area contributed by atoms with Crippen LogP contribution < -0.4 is 10.2 Å². The van der Waals surface area contributed by atoms with E-state index in [1.165, 1.54) is 12.1 Å². The minimum Gasteiger partial charge on any atom is -0.361 e. The maximum Gasteiger partial charge on any atom is 0.417 e. The fraction of sp³-hybridized carbons (Fsp3) is 0.280. The number of hydrogen-bond donors (Lipinski definition) is 1. The third-order valence-electron chi connectivity index (χ3n) is 5.14. The number of rotatable bonds is 7. The van der Waals surface area contributed by atoms with E-state index in [0.29, 0.717) is 11.4 Å². The van der Waals surface area contributed by atoms with Crippen molar-refractivity contribution in [2.24, 2.45) is 0 Å². The van der Waals surface area contributed by atoms with Crippen molar-refractivity contribution in [1.82, 2.24) is 20.3 Å². The van der Waals surface area contributed by atoms with Gasteiger partial charge in [-0.3, -0.25) is 29.8 Å². The van der Waals surface area contributed by atoms with Gasteiger partial charge >= 0.3 is 12.4 Å². The molecular weight excluding hydrogens is 578 g/mol. The molecule has 0 atom stereocenters. The highest BCUT2D eigenvalue weighted by atomic mass is 19.4. The number of pyridine rings is 2. The number of ether oxygens (including phenoxy) is 1. The summed E-state index contributed by atoms with van der Waals surface area (Å²) in [6, 6.07) is 4.31. The minimum absolute atomic E-state index is 0.00192. The number of nitrogens with one attached hydrogen (secondary N) is 1. The molecule has 0 saturated heterocycles. The topological polar surface area (TPSA) is 136 Å². The molecule has 17 heteroatoms. The molecule has 0 aromatic carbocycles. The van der Waals surface area contributed by atoms with Crippen LogP contribution in [0.3, 0.4) is 0 Å². The van der Waals surface area contributed by atoms with E-state index < -0.39 is 46.4 Å². The van der Waals surface area contributed by atoms with Gasteiger partial charge in [0.15, 0.2) is 0 Å². The second kappa shape index (κ2) is 13.2. The lowest BCUT2D eigenvalue weighted by Crippen LogP contribution is -2.34. The molecule has 4 aromatic rings. The van der Waals surface area contributed by atoms with E-state index in [4.69, 9.17) is 13.8 Å². The molecule has 11 nitrogen and oxygen atoms in total. The number of hydrogen-bond acceptors (Lipinski definition) is 9. The summed E-state index contributed by atoms with van der Waals surface area (Å²) in [6.07, 6.45) is -5.65. The Balaban J connectivity index is 0.000000235. The Kier molecular flexibility index (Phi) is 10.0. The van der Waals surface area contributed by atoms with Crippen molar-refractivity contribution in [2.75, 3.05) is 23.6 Å². The average Bonchev–Trinajstić information content (AvgIpc) is 3.55. The summed E-state index contributed by atoms with van der Waals surface area (Å²) >= 11 is 0. The van der Waals surface area contributed by atoms with Crippen LogP contribution in [0.1, 0.15) is 50.2 Å². The Bertz CT molecular complexity index is 1520. The lowest BCUT2D eigenvalue weighted by molar-refractivity contribution is -0.138. The highest BCUT2D eigenvalue weighted by molar-refractivity contribution is 6.06. The Hall–Kier alpha value is -4.80. The second-order valence-corrected chi connectivity index (χ2v) is 8.29. The van der Waals surface area contributed by atoms with Gasteiger partial charge in [0.25, 0.3) is 11.8 Å². The summed E-state index contributed by atoms with van der Waals surface area (Å²) in [6.45, 7) is 4.94. The predicted octanol–water partition coefficient (Wildman–Crippen LogP) is 5.69. The third kappa shape index (κ3) is 8.12. The van der Waals surface area contributed by atoms with Crippen molar-refractivity contribution < 1.29 is 49.7 Å². The summed E-state index contributed by atoms with van der Waals surface area (Å²) in [5.74, 6) is -1.93. The summed E-state index contributed by atoms with van der Waals surface area (Å²) in [5, 5.41) is 9.32. The van der Waals surface area contributed by atoms with Crippen LogP contribution in [0, 0.1) is 13.8 Å². The molecule has 2 amide bonds. The lowest BCUT2D eigenvalue weighted by Gasteiger charge is -2.20. The number of nitrogens with zero attached hydrogens (tertiary/aromatic N) is 5. The van der Waals surface area contributed by atoms with E-state index in [1.54, 1.807) is 20.8 Å². The van der Waals surface area contributed by atoms with Gasteiger partial charge in [0.05, 0.1) is 33.6 Å². The van der Waals surface area contributed by atoms with Crippen molar-refractivity contribution in [3.05, 3.63) is 82.7 Å². The fourth-order valence-corrected chi connectivity index (χ4v) is 3.26. The van der Waals surface area contributed by atoms with Crippen molar-refractivity contribution in [3.8, 4) is 0 Å². The van der Waals surface area contributed by atoms with Gasteiger partial charge in [-0.1, -0.05) is 10.3 Å². The van der Waals surface area contributed by atoms with Gasteiger partial charge in [0, 0.05) is 43.5 Å². The van der Waals surface area contributed by atoms with Crippen LogP contribution in [0.2, 0.25) is 0 Å². The first-order valence-corrected chi connectivity index (χ1v) is 11.8. The average molecular weight is 600 g/mol. The van der Waals surface area contributed by atoms with E-state index in [2.05, 4.69) is 25.6 Å². The Morgan fingerprint density at radius 3 is 1.93 bits per heavy atom. The molecule has 0 spiro atoms. The molecule has 0 aliphatic carbocycles. The van der Waals surface area contributed by atoms with Gasteiger partial charge in [-0.15, -0.1) is 0 Å². The second-order valence-electron chi connectivity index (χ2n) is 8.29. The van der Waals surface area contributed by atoms with Crippen LogP contribution in [0.5, 0.6) is 0 Å². The zero-order valence-electron chi connectivity index (χ0n) is 22.1. The van der Waals surface area contributed by atoms with Gasteiger partial charge in [-0.25, -0.2) is 0 Å². The van der Waals surface area contributed by atoms with Gasteiger partial charge in [-0.2, -0.15) is 26.3 Å². The van der Waals surface area contributed by atoms with Crippen LogP contribution in [0.15, 0.2) is 58.1 Å². The quantitative estimate of drug-likeness (QED) is 0.210. The zero-order chi connectivity index (χ0) is 31.1. The maximum atomic E-state index is 13.1. The van der Waals surface area contributed by atoms with Crippen LogP contribution in [0.4, 0.5) is 38.1 Å². The molecule has 0 aliphatic rings. The number of amides is 2. The predicted molar refractivity (Wildman–Crippen MR) is 132 cm³/mol. The summed E-state index contributed by atoms with van der Waals surface area (Å²) in [7, 11) is 0. The Morgan fingerprint density at radius 1 is 0.881 bits per heavy atom. The molecule has 0 unspecified atom stereocenters. The van der Waals surface area contributed by atoms with Crippen LogP contribution in [-0.2, 0) is 17.1 Å². The van der Waals surface area contributed by atoms with Crippen molar-refractivity contribution in [2.45, 2.75) is 33.1 Å². The minimum atomic E-state index is -4.68. The maximum absolute atomic E-state index is 13.1. The molecule has 1 N–H and O–H groups in total. The molecular formula is C25H22F6N6O5. The molecule has 4 rings (SSSR count). The number of alkyl halides is 6. The standard InChI is InChI=1S/C14H14F3N3O3.C11H8F3N3O2/c1-3-22-8-20(12-6-9(2)19-23-12)13(21)10-7-18-5-4-11(10)14(15,16)17;1-6-4-9(19-17-6)16-10(18)7-5-15-3-2-8(7)11(12,13)14/h4-7H,3,8H2,1-2H3;2-5H,1H3,(H,16,18). The molecule has 0 radical (unpaired) electrons. The van der Waals surface area contributed by atoms with E-state index in [0.717, 1.165) is 41.8 Å². The Morgan fingerprint density at radius 2 is 1.43 bits per heavy atom. The highest BCUT2D eigenvalue weighted by Gasteiger charge is 2.37. The van der Waals surface area contributed by atoms with Gasteiger partial charge < -0.3 is 13.8 Å². The first-order valence-electron chi connectivity index (χ1n) is 11.8. The third-order valence-corrected chi connectivity index (χ3v) is 5.14. The van der Waals surface area contributed by atoms with E-state index in [9.17, 15) is 35.9 Å². The van der Waals surface area contributed by atoms with Crippen molar-refractivity contribution in [1.29, 1.82) is 0 Å². The van der Waals surface area contributed by atoms with E-state index in [1.807, 2.05) is 0 Å². The smallest absolute Gasteiger partial charge is 0.361 e. The molecule has 0 saturated carbocycles. The Labute approximate surface area is 233 Å². The van der Waals surface area contributed by atoms with Gasteiger partial charge in [-0.05, 0) is 32.9 Å². The largest absolute Gasteiger partial charge is 0.417 e. The molecule has 4 aromatic heterocycles. The molecule has 0 bridgehead atoms. The van der Waals surface area contributed by atoms with Crippen LogP contribution in [0.25, 0.3) is 0 Å². The zero-order valence-corrected chi connectivity index (χ0v) is 22.1. The molecule has 0 aliphatic heterocycles. The van der Waals surface area contributed by atoms with Crippen molar-refractivity contribution in [3.63, 3.8) is 0 Å². The first kappa shape index (κ1) is 31.7. The van der Waals surface area contributed by atoms with E-state index >= 15 is 0 Å². The number of anilines is 2. The highest BCUT2D eigenvalue weighted by Crippen LogP contribution is 2.33. The van der Waals surface area contributed by atoms with Gasteiger partial charge in [0.2, 0.25) is 11.8 Å². The molecule has 0 fully saturated rings. The normalized spacial score (nSPS) is 11.5. The molecule has 42 heavy (non-hydrogen) atoms. The summed E-state index contributed by atoms with van der Waals surface area (Å²) in [5.41, 5.74) is -2.32. The number of halogens is 6. The van der Waals surface area contributed by atoms with E-state index in [-0.39, 0.29) is 25.1 Å². The fourth-order valence-electron chi connectivity index (χ4n) is 3.26. The number of carbonyl (C=O) groups excluding carboxylic acids is 2. The SMILES string of the molecule is CCOCN(C(=O)c1cnccc1C(F)(F)F)c1cc(C)no1.Cc1cc(NC(=O)c2cnccc2C(F)(F)F)on1. The first-order chi connectivity index (χ1) is 19.7. The van der Waals surface area contributed by atoms with Gasteiger partial charge in [0.1, 0.15) is 6.73 Å². The molecule has 224 valence electrons. The number of aromatic nitrogens is 4. The number of carbonyl (C=O) groups is 2. The number of aryl methyl sites for hydroxylation is 2. The van der Waals surface area contributed by atoms with Crippen molar-refractivity contribution >= 4 is 23.6 Å².